The zero-order valence-corrected chi connectivity index (χ0v) is 20.8. The lowest BCUT2D eigenvalue weighted by molar-refractivity contribution is -0.121. The van der Waals surface area contributed by atoms with Crippen molar-refractivity contribution in [2.24, 2.45) is 29.6 Å². The number of ketones is 2. The zero-order valence-electron chi connectivity index (χ0n) is 20.8. The number of carbonyl (C=O) groups is 2. The Morgan fingerprint density at radius 3 is 1.55 bits per heavy atom. The lowest BCUT2D eigenvalue weighted by atomic mass is 9.71. The standard InChI is InChI=1S/C31H46O2/c32-30(20-24-7-3-1-4-8-24)22-28-15-11-26(12-16-28)19-27-13-17-29(18-14-27)23-31(33)21-25-9-5-2-6-10-25/h1,3-4,7-8,25-29H,2,5-6,9-23H2. The van der Waals surface area contributed by atoms with Crippen LogP contribution in [0.3, 0.4) is 0 Å². The minimum atomic E-state index is 0.418. The van der Waals surface area contributed by atoms with E-state index in [0.717, 1.165) is 36.7 Å². The summed E-state index contributed by atoms with van der Waals surface area (Å²) >= 11 is 0. The molecule has 0 bridgehead atoms. The number of benzene rings is 1. The van der Waals surface area contributed by atoms with Crippen LogP contribution in [-0.2, 0) is 16.0 Å². The van der Waals surface area contributed by atoms with Gasteiger partial charge in [0.15, 0.2) is 0 Å². The number of Topliss-reactive ketones (excluding diaryl/α,β-unsaturated/α-hetero) is 2. The van der Waals surface area contributed by atoms with Gasteiger partial charge in [0.2, 0.25) is 0 Å². The van der Waals surface area contributed by atoms with Crippen molar-refractivity contribution < 1.29 is 9.59 Å². The van der Waals surface area contributed by atoms with Gasteiger partial charge in [0.25, 0.3) is 0 Å². The van der Waals surface area contributed by atoms with Crippen molar-refractivity contribution in [3.63, 3.8) is 0 Å². The van der Waals surface area contributed by atoms with E-state index in [0.29, 0.717) is 35.7 Å². The van der Waals surface area contributed by atoms with Crippen LogP contribution < -0.4 is 0 Å². The molecule has 0 aromatic heterocycles. The van der Waals surface area contributed by atoms with Crippen molar-refractivity contribution >= 4 is 11.6 Å². The van der Waals surface area contributed by atoms with Crippen LogP contribution in [0.2, 0.25) is 0 Å². The van der Waals surface area contributed by atoms with Crippen LogP contribution in [0.1, 0.15) is 115 Å². The summed E-state index contributed by atoms with van der Waals surface area (Å²) in [6.45, 7) is 0. The molecule has 3 saturated carbocycles. The Morgan fingerprint density at radius 1 is 0.545 bits per heavy atom. The van der Waals surface area contributed by atoms with Gasteiger partial charge in [0.1, 0.15) is 11.6 Å². The Balaban J connectivity index is 1.08. The zero-order chi connectivity index (χ0) is 22.9. The molecule has 0 N–H and O–H groups in total. The van der Waals surface area contributed by atoms with Gasteiger partial charge in [-0.2, -0.15) is 0 Å². The SMILES string of the molecule is O=C(Cc1ccccc1)CC1CCC(CC2CCC(CC(=O)CC3CCCCC3)CC2)CC1. The quantitative estimate of drug-likeness (QED) is 0.360. The molecule has 0 aliphatic heterocycles. The van der Waals surface area contributed by atoms with E-state index in [1.54, 1.807) is 0 Å². The maximum atomic E-state index is 12.6. The van der Waals surface area contributed by atoms with Crippen molar-refractivity contribution in [1.82, 2.24) is 0 Å². The first-order valence-corrected chi connectivity index (χ1v) is 14.2. The van der Waals surface area contributed by atoms with Gasteiger partial charge in [-0.1, -0.05) is 88.1 Å². The summed E-state index contributed by atoms with van der Waals surface area (Å²) < 4.78 is 0. The maximum absolute atomic E-state index is 12.6. The summed E-state index contributed by atoms with van der Waals surface area (Å²) in [6, 6.07) is 10.2. The molecular weight excluding hydrogens is 404 g/mol. The minimum absolute atomic E-state index is 0.418. The van der Waals surface area contributed by atoms with E-state index in [9.17, 15) is 9.59 Å². The molecule has 1 aromatic rings. The summed E-state index contributed by atoms with van der Waals surface area (Å²) in [5.74, 6) is 4.72. The summed E-state index contributed by atoms with van der Waals surface area (Å²) in [5.41, 5.74) is 1.16. The van der Waals surface area contributed by atoms with Crippen molar-refractivity contribution in [2.75, 3.05) is 0 Å². The molecule has 0 saturated heterocycles. The summed E-state index contributed by atoms with van der Waals surface area (Å²) in [6.07, 6.45) is 21.6. The average molecular weight is 451 g/mol. The van der Waals surface area contributed by atoms with E-state index < -0.39 is 0 Å². The molecule has 3 fully saturated rings. The van der Waals surface area contributed by atoms with E-state index in [1.165, 1.54) is 89.9 Å². The Morgan fingerprint density at radius 2 is 1.00 bits per heavy atom. The highest BCUT2D eigenvalue weighted by molar-refractivity contribution is 5.81. The van der Waals surface area contributed by atoms with Crippen LogP contribution in [0.4, 0.5) is 0 Å². The second-order valence-corrected chi connectivity index (χ2v) is 11.9. The predicted molar refractivity (Wildman–Crippen MR) is 136 cm³/mol. The Kier molecular flexibility index (Phi) is 9.62. The third-order valence-electron chi connectivity index (χ3n) is 9.12. The number of carbonyl (C=O) groups excluding carboxylic acids is 2. The van der Waals surface area contributed by atoms with Crippen LogP contribution in [0.25, 0.3) is 0 Å². The monoisotopic (exact) mass is 450 g/mol. The molecule has 3 aliphatic rings. The minimum Gasteiger partial charge on any atom is -0.300 e. The second-order valence-electron chi connectivity index (χ2n) is 11.9. The van der Waals surface area contributed by atoms with Crippen LogP contribution in [0.15, 0.2) is 30.3 Å². The molecule has 3 aliphatic carbocycles. The molecule has 0 radical (unpaired) electrons. The molecule has 0 atom stereocenters. The molecular formula is C31H46O2. The van der Waals surface area contributed by atoms with Gasteiger partial charge in [0, 0.05) is 25.7 Å². The van der Waals surface area contributed by atoms with Crippen molar-refractivity contribution in [3.8, 4) is 0 Å². The summed E-state index contributed by atoms with van der Waals surface area (Å²) in [5, 5.41) is 0. The van der Waals surface area contributed by atoms with E-state index >= 15 is 0 Å². The van der Waals surface area contributed by atoms with E-state index in [-0.39, 0.29) is 0 Å². The lowest BCUT2D eigenvalue weighted by Gasteiger charge is -2.34. The topological polar surface area (TPSA) is 34.1 Å². The normalized spacial score (nSPS) is 29.0. The van der Waals surface area contributed by atoms with Gasteiger partial charge in [-0.15, -0.1) is 0 Å². The highest BCUT2D eigenvalue weighted by Crippen LogP contribution is 2.40. The summed E-state index contributed by atoms with van der Waals surface area (Å²) in [7, 11) is 0. The Bertz CT molecular complexity index is 717. The van der Waals surface area contributed by atoms with Gasteiger partial charge >= 0.3 is 0 Å². The molecule has 33 heavy (non-hydrogen) atoms. The lowest BCUT2D eigenvalue weighted by Crippen LogP contribution is -2.23. The summed E-state index contributed by atoms with van der Waals surface area (Å²) in [4.78, 5) is 25.0. The second kappa shape index (κ2) is 12.9. The number of hydrogen-bond acceptors (Lipinski definition) is 2. The highest BCUT2D eigenvalue weighted by atomic mass is 16.1. The molecule has 4 rings (SSSR count). The fourth-order valence-corrected chi connectivity index (χ4v) is 7.15. The first-order chi connectivity index (χ1) is 16.1. The molecule has 2 nitrogen and oxygen atoms in total. The maximum Gasteiger partial charge on any atom is 0.137 e. The van der Waals surface area contributed by atoms with Gasteiger partial charge in [-0.05, 0) is 67.3 Å². The predicted octanol–water partition coefficient (Wildman–Crippen LogP) is 8.12. The first kappa shape index (κ1) is 24.7. The van der Waals surface area contributed by atoms with Crippen LogP contribution in [-0.4, -0.2) is 11.6 Å². The number of hydrogen-bond donors (Lipinski definition) is 0. The van der Waals surface area contributed by atoms with Crippen LogP contribution in [0.5, 0.6) is 0 Å². The molecule has 182 valence electrons. The molecule has 0 spiro atoms. The molecule has 0 unspecified atom stereocenters. The molecule has 1 aromatic carbocycles. The van der Waals surface area contributed by atoms with Crippen molar-refractivity contribution in [3.05, 3.63) is 35.9 Å². The fourth-order valence-electron chi connectivity index (χ4n) is 7.15. The fraction of sp³-hybridized carbons (Fsp3) is 0.742. The van der Waals surface area contributed by atoms with E-state index in [2.05, 4.69) is 12.1 Å². The van der Waals surface area contributed by atoms with Gasteiger partial charge in [0.05, 0.1) is 0 Å². The van der Waals surface area contributed by atoms with Gasteiger partial charge in [-0.3, -0.25) is 9.59 Å². The molecule has 0 amide bonds. The van der Waals surface area contributed by atoms with Gasteiger partial charge < -0.3 is 0 Å². The first-order valence-electron chi connectivity index (χ1n) is 14.2. The van der Waals surface area contributed by atoms with Gasteiger partial charge in [-0.25, -0.2) is 0 Å². The van der Waals surface area contributed by atoms with Crippen LogP contribution >= 0.6 is 0 Å². The largest absolute Gasteiger partial charge is 0.300 e. The van der Waals surface area contributed by atoms with Crippen molar-refractivity contribution in [2.45, 2.75) is 116 Å². The molecule has 0 heterocycles. The highest BCUT2D eigenvalue weighted by Gasteiger charge is 2.29. The number of rotatable bonds is 10. The smallest absolute Gasteiger partial charge is 0.137 e. The average Bonchev–Trinajstić information content (AvgIpc) is 2.83. The van der Waals surface area contributed by atoms with Crippen molar-refractivity contribution in [1.29, 1.82) is 0 Å². The molecule has 2 heteroatoms. The third-order valence-corrected chi connectivity index (χ3v) is 9.12. The third kappa shape index (κ3) is 8.37. The van der Waals surface area contributed by atoms with Crippen LogP contribution in [0, 0.1) is 29.6 Å². The van der Waals surface area contributed by atoms with E-state index in [1.807, 2.05) is 18.2 Å². The Labute approximate surface area is 202 Å². The van der Waals surface area contributed by atoms with E-state index in [4.69, 9.17) is 0 Å². The Hall–Kier alpha value is -1.44.